The third-order valence-electron chi connectivity index (χ3n) is 6.06. The van der Waals surface area contributed by atoms with Gasteiger partial charge < -0.3 is 15.1 Å². The number of carbonyl (C=O) groups excluding carboxylic acids is 2. The van der Waals surface area contributed by atoms with Gasteiger partial charge in [0.25, 0.3) is 5.91 Å². The third-order valence-corrected chi connectivity index (χ3v) is 6.06. The number of amides is 1. The number of aliphatic hydroxyl groups is 2. The van der Waals surface area contributed by atoms with Gasteiger partial charge in [0.05, 0.1) is 0 Å². The summed E-state index contributed by atoms with van der Waals surface area (Å²) < 4.78 is 0. The first-order valence-electron chi connectivity index (χ1n) is 11.6. The van der Waals surface area contributed by atoms with Crippen molar-refractivity contribution in [3.05, 3.63) is 101 Å². The average Bonchev–Trinajstić information content (AvgIpc) is 2.90. The molecule has 178 valence electrons. The Balaban J connectivity index is 1.67. The van der Waals surface area contributed by atoms with Crippen LogP contribution in [0.1, 0.15) is 59.2 Å². The van der Waals surface area contributed by atoms with E-state index in [1.165, 1.54) is 0 Å². The van der Waals surface area contributed by atoms with Gasteiger partial charge in [-0.15, -0.1) is 0 Å². The zero-order valence-corrected chi connectivity index (χ0v) is 19.6. The number of aromatic nitrogens is 1. The zero-order valence-electron chi connectivity index (χ0n) is 19.6. The molecule has 1 aromatic heterocycles. The number of hydrogen-bond acceptors (Lipinski definition) is 5. The SMILES string of the molecule is CN(CCCCCCC(=O)CO)C(=O)c1ccc(C(O)(c2ccccc2)c2ccncc2)cc1. The first-order chi connectivity index (χ1) is 16.5. The van der Waals surface area contributed by atoms with Gasteiger partial charge >= 0.3 is 0 Å². The Hall–Kier alpha value is -3.35. The highest BCUT2D eigenvalue weighted by Crippen LogP contribution is 2.36. The lowest BCUT2D eigenvalue weighted by molar-refractivity contribution is -0.121. The summed E-state index contributed by atoms with van der Waals surface area (Å²) in [4.78, 5) is 29.8. The predicted molar refractivity (Wildman–Crippen MR) is 131 cm³/mol. The average molecular weight is 461 g/mol. The molecule has 0 aliphatic rings. The molecule has 2 N–H and O–H groups in total. The maximum Gasteiger partial charge on any atom is 0.253 e. The highest BCUT2D eigenvalue weighted by Gasteiger charge is 2.33. The fourth-order valence-electron chi connectivity index (χ4n) is 4.05. The van der Waals surface area contributed by atoms with E-state index in [1.54, 1.807) is 60.7 Å². The molecule has 0 saturated carbocycles. The summed E-state index contributed by atoms with van der Waals surface area (Å²) in [6, 6.07) is 20.1. The van der Waals surface area contributed by atoms with Crippen LogP contribution >= 0.6 is 0 Å². The molecular weight excluding hydrogens is 428 g/mol. The number of carbonyl (C=O) groups is 2. The van der Waals surface area contributed by atoms with Crippen LogP contribution in [0.4, 0.5) is 0 Å². The van der Waals surface area contributed by atoms with Gasteiger partial charge in [-0.2, -0.15) is 0 Å². The van der Waals surface area contributed by atoms with Crippen LogP contribution in [0.15, 0.2) is 79.1 Å². The molecule has 6 nitrogen and oxygen atoms in total. The number of nitrogens with zero attached hydrogens (tertiary/aromatic N) is 2. The van der Waals surface area contributed by atoms with E-state index >= 15 is 0 Å². The van der Waals surface area contributed by atoms with Crippen molar-refractivity contribution in [1.29, 1.82) is 0 Å². The Kier molecular flexibility index (Phi) is 9.08. The van der Waals surface area contributed by atoms with E-state index in [2.05, 4.69) is 4.98 Å². The van der Waals surface area contributed by atoms with Gasteiger partial charge in [0.2, 0.25) is 0 Å². The minimum Gasteiger partial charge on any atom is -0.389 e. The van der Waals surface area contributed by atoms with Crippen LogP contribution in [0.3, 0.4) is 0 Å². The second-order valence-electron chi connectivity index (χ2n) is 8.48. The number of benzene rings is 2. The van der Waals surface area contributed by atoms with Crippen molar-refractivity contribution in [3.8, 4) is 0 Å². The molecule has 0 aliphatic carbocycles. The smallest absolute Gasteiger partial charge is 0.253 e. The van der Waals surface area contributed by atoms with Crippen molar-refractivity contribution < 1.29 is 19.8 Å². The molecule has 6 heteroatoms. The fourth-order valence-corrected chi connectivity index (χ4v) is 4.05. The van der Waals surface area contributed by atoms with Crippen LogP contribution < -0.4 is 0 Å². The van der Waals surface area contributed by atoms with Crippen LogP contribution in [0.25, 0.3) is 0 Å². The van der Waals surface area contributed by atoms with E-state index in [0.29, 0.717) is 29.7 Å². The molecule has 1 unspecified atom stereocenters. The summed E-state index contributed by atoms with van der Waals surface area (Å²) in [6.45, 7) is 0.237. The van der Waals surface area contributed by atoms with Crippen LogP contribution in [-0.4, -0.2) is 52.0 Å². The number of ketones is 1. The molecule has 0 saturated heterocycles. The molecule has 0 bridgehead atoms. The van der Waals surface area contributed by atoms with Crippen LogP contribution in [0.5, 0.6) is 0 Å². The third kappa shape index (κ3) is 6.16. The molecule has 3 aromatic rings. The Labute approximate surface area is 200 Å². The van der Waals surface area contributed by atoms with Crippen molar-refractivity contribution >= 4 is 11.7 Å². The van der Waals surface area contributed by atoms with Crippen molar-refractivity contribution in [3.63, 3.8) is 0 Å². The molecule has 1 atom stereocenters. The largest absolute Gasteiger partial charge is 0.389 e. The van der Waals surface area contributed by atoms with Crippen LogP contribution in [0.2, 0.25) is 0 Å². The quantitative estimate of drug-likeness (QED) is 0.400. The molecule has 3 rings (SSSR count). The second kappa shape index (κ2) is 12.2. The van der Waals surface area contributed by atoms with Crippen molar-refractivity contribution in [2.24, 2.45) is 0 Å². The molecule has 0 aliphatic heterocycles. The van der Waals surface area contributed by atoms with E-state index < -0.39 is 5.60 Å². The van der Waals surface area contributed by atoms with Gasteiger partial charge in [0, 0.05) is 38.0 Å². The van der Waals surface area contributed by atoms with E-state index in [0.717, 1.165) is 31.2 Å². The summed E-state index contributed by atoms with van der Waals surface area (Å²) >= 11 is 0. The van der Waals surface area contributed by atoms with Crippen molar-refractivity contribution in [1.82, 2.24) is 9.88 Å². The normalized spacial score (nSPS) is 12.7. The Morgan fingerprint density at radius 1 is 0.824 bits per heavy atom. The summed E-state index contributed by atoms with van der Waals surface area (Å²) in [5.41, 5.74) is 1.30. The number of aliphatic hydroxyl groups excluding tert-OH is 1. The minimum atomic E-state index is -1.37. The highest BCUT2D eigenvalue weighted by atomic mass is 16.3. The number of rotatable bonds is 12. The Morgan fingerprint density at radius 2 is 1.41 bits per heavy atom. The van der Waals surface area contributed by atoms with E-state index in [-0.39, 0.29) is 18.3 Å². The minimum absolute atomic E-state index is 0.0748. The summed E-state index contributed by atoms with van der Waals surface area (Å²) in [5, 5.41) is 20.6. The summed E-state index contributed by atoms with van der Waals surface area (Å²) in [7, 11) is 1.78. The van der Waals surface area contributed by atoms with Gasteiger partial charge in [-0.3, -0.25) is 14.6 Å². The number of hydrogen-bond donors (Lipinski definition) is 2. The van der Waals surface area contributed by atoms with Gasteiger partial charge in [-0.25, -0.2) is 0 Å². The monoisotopic (exact) mass is 460 g/mol. The second-order valence-corrected chi connectivity index (χ2v) is 8.48. The predicted octanol–water partition coefficient (Wildman–Crippen LogP) is 3.95. The van der Waals surface area contributed by atoms with Crippen LogP contribution in [-0.2, 0) is 10.4 Å². The Morgan fingerprint density at radius 3 is 2.06 bits per heavy atom. The first-order valence-corrected chi connectivity index (χ1v) is 11.6. The zero-order chi connectivity index (χ0) is 24.4. The van der Waals surface area contributed by atoms with E-state index in [9.17, 15) is 14.7 Å². The molecule has 0 spiro atoms. The lowest BCUT2D eigenvalue weighted by Crippen LogP contribution is -2.30. The lowest BCUT2D eigenvalue weighted by Gasteiger charge is -2.30. The van der Waals surface area contributed by atoms with Gasteiger partial charge in [-0.05, 0) is 53.8 Å². The topological polar surface area (TPSA) is 90.7 Å². The van der Waals surface area contributed by atoms with E-state index in [4.69, 9.17) is 5.11 Å². The van der Waals surface area contributed by atoms with Crippen molar-refractivity contribution in [2.45, 2.75) is 37.7 Å². The maximum absolute atomic E-state index is 12.9. The summed E-state index contributed by atoms with van der Waals surface area (Å²) in [6.07, 6.45) is 7.15. The molecule has 0 radical (unpaired) electrons. The molecule has 0 fully saturated rings. The Bertz CT molecular complexity index is 1010. The molecule has 2 aromatic carbocycles. The maximum atomic E-state index is 12.9. The first kappa shape index (κ1) is 25.3. The number of Topliss-reactive ketones (excluding diaryl/α,β-unsaturated/α-hetero) is 1. The fraction of sp³-hybridized carbons (Fsp3) is 0.321. The van der Waals surface area contributed by atoms with Crippen molar-refractivity contribution in [2.75, 3.05) is 20.2 Å². The van der Waals surface area contributed by atoms with Crippen LogP contribution in [0, 0.1) is 0 Å². The summed E-state index contributed by atoms with van der Waals surface area (Å²) in [5.74, 6) is -0.201. The lowest BCUT2D eigenvalue weighted by atomic mass is 9.80. The van der Waals surface area contributed by atoms with E-state index in [1.807, 2.05) is 30.3 Å². The molecule has 1 amide bonds. The highest BCUT2D eigenvalue weighted by molar-refractivity contribution is 5.94. The van der Waals surface area contributed by atoms with Gasteiger partial charge in [-0.1, -0.05) is 55.3 Å². The number of unbranched alkanes of at least 4 members (excludes halogenated alkanes) is 3. The molecular formula is C28H32N2O4. The molecule has 1 heterocycles. The number of pyridine rings is 1. The standard InChI is InChI=1S/C28H32N2O4/c1-30(20-8-3-2-7-11-26(32)21-31)27(33)22-12-14-24(15-13-22)28(34,23-9-5-4-6-10-23)25-16-18-29-19-17-25/h4-6,9-10,12-19,31,34H,2-3,7-8,11,20-21H2,1H3. The van der Waals surface area contributed by atoms with Gasteiger partial charge in [0.15, 0.2) is 5.78 Å². The van der Waals surface area contributed by atoms with Gasteiger partial charge in [0.1, 0.15) is 12.2 Å². The molecule has 34 heavy (non-hydrogen) atoms.